The Balaban J connectivity index is 1.54. The van der Waals surface area contributed by atoms with Gasteiger partial charge in [-0.3, -0.25) is 25.1 Å². The molecule has 176 valence electrons. The first-order valence-electron chi connectivity index (χ1n) is 9.77. The van der Waals surface area contributed by atoms with Gasteiger partial charge in [-0.1, -0.05) is 52.8 Å². The lowest BCUT2D eigenvalue weighted by atomic mass is 10.2. The minimum Gasteiger partial charge on any atom is -0.267 e. The van der Waals surface area contributed by atoms with Gasteiger partial charge in [0.2, 0.25) is 0 Å². The van der Waals surface area contributed by atoms with Crippen molar-refractivity contribution >= 4 is 86.8 Å². The molecule has 1 heterocycles. The number of amides is 2. The molecule has 1 aliphatic rings. The van der Waals surface area contributed by atoms with Crippen molar-refractivity contribution in [1.29, 1.82) is 0 Å². The molecule has 1 saturated heterocycles. The second kappa shape index (κ2) is 10.8. The molecule has 0 unspecified atom stereocenters. The van der Waals surface area contributed by atoms with Crippen molar-refractivity contribution in [1.82, 2.24) is 10.4 Å². The van der Waals surface area contributed by atoms with Crippen LogP contribution in [0.15, 0.2) is 81.4 Å². The number of nitrogens with one attached hydrogen (secondary N) is 1. The van der Waals surface area contributed by atoms with E-state index in [1.54, 1.807) is 48.5 Å². The number of benzene rings is 3. The van der Waals surface area contributed by atoms with Crippen molar-refractivity contribution in [3.8, 4) is 0 Å². The molecule has 0 saturated carbocycles. The fourth-order valence-electron chi connectivity index (χ4n) is 2.97. The summed E-state index contributed by atoms with van der Waals surface area (Å²) in [6, 6.07) is 17.8. The first-order valence-corrected chi connectivity index (χ1v) is 12.6. The van der Waals surface area contributed by atoms with Crippen molar-refractivity contribution in [2.24, 2.45) is 0 Å². The highest BCUT2D eigenvalue weighted by Crippen LogP contribution is 2.37. The van der Waals surface area contributed by atoms with Crippen LogP contribution in [0.1, 0.15) is 15.9 Å². The SMILES string of the molecule is O=C(NN1C(=O)/C(=C/c2ccc(Sc3ccc(Cl)cc3)c([N+](=O)[O-])c2)SC1=S)c1ccc(Cl)cc1. The first-order chi connectivity index (χ1) is 16.7. The monoisotopic (exact) mass is 561 g/mol. The molecule has 0 aromatic heterocycles. The van der Waals surface area contributed by atoms with Gasteiger partial charge in [-0.05, 0) is 78.5 Å². The molecule has 3 aromatic rings. The van der Waals surface area contributed by atoms with Gasteiger partial charge >= 0.3 is 0 Å². The van der Waals surface area contributed by atoms with E-state index in [0.29, 0.717) is 26.1 Å². The zero-order valence-electron chi connectivity index (χ0n) is 17.4. The van der Waals surface area contributed by atoms with Crippen LogP contribution in [0.3, 0.4) is 0 Å². The molecular weight excluding hydrogens is 549 g/mol. The molecule has 12 heteroatoms. The van der Waals surface area contributed by atoms with Crippen molar-refractivity contribution < 1.29 is 14.5 Å². The molecule has 1 N–H and O–H groups in total. The van der Waals surface area contributed by atoms with E-state index in [0.717, 1.165) is 21.7 Å². The number of nitro benzene ring substituents is 1. The van der Waals surface area contributed by atoms with Gasteiger partial charge in [0.25, 0.3) is 17.5 Å². The Labute approximate surface area is 223 Å². The molecule has 0 bridgehead atoms. The third-order valence-corrected chi connectivity index (χ3v) is 7.51. The Morgan fingerprint density at radius 3 is 2.31 bits per heavy atom. The van der Waals surface area contributed by atoms with Gasteiger partial charge in [-0.2, -0.15) is 5.01 Å². The molecule has 3 aromatic carbocycles. The van der Waals surface area contributed by atoms with E-state index < -0.39 is 16.7 Å². The predicted molar refractivity (Wildman–Crippen MR) is 143 cm³/mol. The van der Waals surface area contributed by atoms with Crippen LogP contribution in [0.25, 0.3) is 6.08 Å². The summed E-state index contributed by atoms with van der Waals surface area (Å²) in [4.78, 5) is 38.0. The Morgan fingerprint density at radius 1 is 1.06 bits per heavy atom. The van der Waals surface area contributed by atoms with Crippen LogP contribution < -0.4 is 5.43 Å². The van der Waals surface area contributed by atoms with Crippen LogP contribution in [-0.2, 0) is 4.79 Å². The summed E-state index contributed by atoms with van der Waals surface area (Å²) in [6.45, 7) is 0. The molecule has 0 atom stereocenters. The maximum absolute atomic E-state index is 12.9. The number of halogens is 2. The van der Waals surface area contributed by atoms with E-state index in [9.17, 15) is 19.7 Å². The quantitative estimate of drug-likeness (QED) is 0.157. The van der Waals surface area contributed by atoms with Gasteiger partial charge < -0.3 is 0 Å². The molecule has 1 fully saturated rings. The molecule has 0 radical (unpaired) electrons. The van der Waals surface area contributed by atoms with E-state index in [1.807, 2.05) is 0 Å². The summed E-state index contributed by atoms with van der Waals surface area (Å²) in [6.07, 6.45) is 1.50. The lowest BCUT2D eigenvalue weighted by Crippen LogP contribution is -2.44. The van der Waals surface area contributed by atoms with Crippen molar-refractivity contribution in [3.05, 3.63) is 103 Å². The van der Waals surface area contributed by atoms with Crippen LogP contribution in [0.4, 0.5) is 5.69 Å². The fourth-order valence-corrected chi connectivity index (χ4v) is 5.30. The molecule has 4 rings (SSSR count). The van der Waals surface area contributed by atoms with E-state index in [2.05, 4.69) is 5.43 Å². The summed E-state index contributed by atoms with van der Waals surface area (Å²) in [5, 5.41) is 13.7. The van der Waals surface area contributed by atoms with Gasteiger partial charge in [0.05, 0.1) is 14.7 Å². The Kier molecular flexibility index (Phi) is 7.78. The van der Waals surface area contributed by atoms with Gasteiger partial charge in [0, 0.05) is 26.6 Å². The van der Waals surface area contributed by atoms with E-state index in [1.165, 1.54) is 36.0 Å². The Hall–Kier alpha value is -2.89. The van der Waals surface area contributed by atoms with Crippen LogP contribution in [0.2, 0.25) is 10.0 Å². The second-order valence-electron chi connectivity index (χ2n) is 7.01. The van der Waals surface area contributed by atoms with E-state index in [-0.39, 0.29) is 14.9 Å². The number of rotatable bonds is 6. The molecule has 0 spiro atoms. The minimum absolute atomic E-state index is 0.106. The van der Waals surface area contributed by atoms with Gasteiger partial charge in [0.15, 0.2) is 4.32 Å². The number of thiocarbonyl (C=S) groups is 1. The number of hydrazine groups is 1. The van der Waals surface area contributed by atoms with Crippen molar-refractivity contribution in [3.63, 3.8) is 0 Å². The summed E-state index contributed by atoms with van der Waals surface area (Å²) >= 11 is 19.2. The van der Waals surface area contributed by atoms with Crippen molar-refractivity contribution in [2.75, 3.05) is 0 Å². The average Bonchev–Trinajstić information content (AvgIpc) is 3.09. The normalized spacial score (nSPS) is 14.5. The lowest BCUT2D eigenvalue weighted by Gasteiger charge is -2.15. The molecular formula is C23H13Cl2N3O4S3. The predicted octanol–water partition coefficient (Wildman–Crippen LogP) is 6.60. The highest BCUT2D eigenvalue weighted by atomic mass is 35.5. The number of carbonyl (C=O) groups is 2. The van der Waals surface area contributed by atoms with Gasteiger partial charge in [-0.15, -0.1) is 0 Å². The van der Waals surface area contributed by atoms with Gasteiger partial charge in [-0.25, -0.2) is 0 Å². The zero-order valence-corrected chi connectivity index (χ0v) is 21.4. The van der Waals surface area contributed by atoms with Crippen LogP contribution >= 0.6 is 58.9 Å². The number of hydrogen-bond acceptors (Lipinski definition) is 7. The maximum Gasteiger partial charge on any atom is 0.285 e. The Bertz CT molecular complexity index is 1380. The lowest BCUT2D eigenvalue weighted by molar-refractivity contribution is -0.387. The van der Waals surface area contributed by atoms with Crippen LogP contribution in [0, 0.1) is 10.1 Å². The zero-order chi connectivity index (χ0) is 25.1. The summed E-state index contributed by atoms with van der Waals surface area (Å²) < 4.78 is 0.132. The smallest absolute Gasteiger partial charge is 0.267 e. The largest absolute Gasteiger partial charge is 0.285 e. The van der Waals surface area contributed by atoms with Crippen LogP contribution in [-0.4, -0.2) is 26.1 Å². The molecule has 2 amide bonds. The fraction of sp³-hybridized carbons (Fsp3) is 0. The summed E-state index contributed by atoms with van der Waals surface area (Å²) in [5.74, 6) is -1.07. The van der Waals surface area contributed by atoms with E-state index >= 15 is 0 Å². The summed E-state index contributed by atoms with van der Waals surface area (Å²) in [7, 11) is 0. The number of thioether (sulfide) groups is 1. The third kappa shape index (κ3) is 6.03. The standard InChI is InChI=1S/C23H13Cl2N3O4S3/c24-15-4-2-14(3-5-15)21(29)26-27-22(30)20(35-23(27)33)12-13-1-10-19(18(11-13)28(31)32)34-17-8-6-16(25)7-9-17/h1-12H,(H,26,29)/b20-12-. The number of hydrogen-bond donors (Lipinski definition) is 1. The molecule has 0 aliphatic carbocycles. The van der Waals surface area contributed by atoms with E-state index in [4.69, 9.17) is 35.4 Å². The van der Waals surface area contributed by atoms with Crippen molar-refractivity contribution in [2.45, 2.75) is 9.79 Å². The van der Waals surface area contributed by atoms with Gasteiger partial charge in [0.1, 0.15) is 0 Å². The minimum atomic E-state index is -0.537. The average molecular weight is 562 g/mol. The topological polar surface area (TPSA) is 92.6 Å². The second-order valence-corrected chi connectivity index (χ2v) is 10.7. The molecule has 1 aliphatic heterocycles. The Morgan fingerprint density at radius 2 is 1.69 bits per heavy atom. The molecule has 7 nitrogen and oxygen atoms in total. The number of nitrogens with zero attached hydrogens (tertiary/aromatic N) is 2. The van der Waals surface area contributed by atoms with Crippen LogP contribution in [0.5, 0.6) is 0 Å². The maximum atomic E-state index is 12.9. The highest BCUT2D eigenvalue weighted by molar-refractivity contribution is 8.26. The number of nitro groups is 1. The first kappa shape index (κ1) is 25.2. The summed E-state index contributed by atoms with van der Waals surface area (Å²) in [5.41, 5.74) is 3.12. The number of carbonyl (C=O) groups excluding carboxylic acids is 2. The molecule has 35 heavy (non-hydrogen) atoms. The third-order valence-electron chi connectivity index (χ3n) is 4.63. The highest BCUT2D eigenvalue weighted by Gasteiger charge is 2.34.